The minimum atomic E-state index is -0.00502. The third kappa shape index (κ3) is 3.42. The van der Waals surface area contributed by atoms with Crippen LogP contribution in [0.25, 0.3) is 0 Å². The fourth-order valence-electron chi connectivity index (χ4n) is 2.49. The van der Waals surface area contributed by atoms with Crippen LogP contribution in [-0.2, 0) is 6.54 Å². The Balaban J connectivity index is 1.85. The summed E-state index contributed by atoms with van der Waals surface area (Å²) in [7, 11) is 0. The molecule has 2 nitrogen and oxygen atoms in total. The van der Waals surface area contributed by atoms with Gasteiger partial charge in [-0.25, -0.2) is 0 Å². The van der Waals surface area contributed by atoms with E-state index < -0.39 is 0 Å². The summed E-state index contributed by atoms with van der Waals surface area (Å²) in [5.74, 6) is 0. The molecule has 0 bridgehead atoms. The first-order chi connectivity index (χ1) is 8.22. The minimum Gasteiger partial charge on any atom is -0.325 e. The Hall–Kier alpha value is -1.12. The van der Waals surface area contributed by atoms with Gasteiger partial charge in [0, 0.05) is 25.2 Å². The molecule has 1 aromatic carbocycles. The van der Waals surface area contributed by atoms with Crippen molar-refractivity contribution in [3.63, 3.8) is 0 Å². The van der Waals surface area contributed by atoms with Crippen molar-refractivity contribution in [1.29, 1.82) is 0 Å². The maximum atomic E-state index is 6.33. The highest BCUT2D eigenvalue weighted by Crippen LogP contribution is 2.24. The normalized spacial score (nSPS) is 20.1. The van der Waals surface area contributed by atoms with Crippen LogP contribution in [0.3, 0.4) is 0 Å². The Labute approximate surface area is 104 Å². The zero-order chi connectivity index (χ0) is 12.1. The summed E-state index contributed by atoms with van der Waals surface area (Å²) in [5, 5.41) is 0. The van der Waals surface area contributed by atoms with Crippen molar-refractivity contribution >= 4 is 0 Å². The molecule has 0 atom stereocenters. The van der Waals surface area contributed by atoms with Crippen LogP contribution in [0.5, 0.6) is 0 Å². The monoisotopic (exact) mass is 230 g/mol. The number of piperidine rings is 1. The van der Waals surface area contributed by atoms with Gasteiger partial charge in [0.25, 0.3) is 0 Å². The average molecular weight is 230 g/mol. The zero-order valence-electron chi connectivity index (χ0n) is 10.4. The lowest BCUT2D eigenvalue weighted by atomic mass is 9.85. The molecule has 0 aliphatic carbocycles. The maximum Gasteiger partial charge on any atom is 0.0233 e. The molecule has 2 rings (SSSR count). The highest BCUT2D eigenvalue weighted by Gasteiger charge is 2.29. The Morgan fingerprint density at radius 2 is 1.88 bits per heavy atom. The minimum absolute atomic E-state index is 0.00502. The summed E-state index contributed by atoms with van der Waals surface area (Å²) in [6, 6.07) is 10.6. The molecular formula is C15H22N2. The highest BCUT2D eigenvalue weighted by atomic mass is 15.1. The molecule has 0 aromatic heterocycles. The van der Waals surface area contributed by atoms with Crippen molar-refractivity contribution in [3.05, 3.63) is 48.6 Å². The fourth-order valence-corrected chi connectivity index (χ4v) is 2.49. The van der Waals surface area contributed by atoms with E-state index in [1.54, 1.807) is 0 Å². The number of nitrogens with zero attached hydrogens (tertiary/aromatic N) is 1. The van der Waals surface area contributed by atoms with Crippen LogP contribution in [0, 0.1) is 0 Å². The van der Waals surface area contributed by atoms with E-state index in [0.29, 0.717) is 0 Å². The number of likely N-dealkylation sites (tertiary alicyclic amines) is 1. The van der Waals surface area contributed by atoms with Crippen LogP contribution in [0.4, 0.5) is 0 Å². The first kappa shape index (κ1) is 12.3. The number of hydrogen-bond donors (Lipinski definition) is 1. The van der Waals surface area contributed by atoms with Gasteiger partial charge in [-0.2, -0.15) is 0 Å². The van der Waals surface area contributed by atoms with Crippen LogP contribution in [0.1, 0.15) is 24.8 Å². The Morgan fingerprint density at radius 3 is 2.47 bits per heavy atom. The molecule has 0 unspecified atom stereocenters. The molecule has 0 spiro atoms. The van der Waals surface area contributed by atoms with E-state index >= 15 is 0 Å². The second kappa shape index (κ2) is 5.48. The lowest BCUT2D eigenvalue weighted by molar-refractivity contribution is 0.156. The smallest absolute Gasteiger partial charge is 0.0233 e. The van der Waals surface area contributed by atoms with Gasteiger partial charge in [0.05, 0.1) is 0 Å². The van der Waals surface area contributed by atoms with E-state index in [2.05, 4.69) is 41.8 Å². The van der Waals surface area contributed by atoms with E-state index in [4.69, 9.17) is 5.73 Å². The first-order valence-electron chi connectivity index (χ1n) is 6.38. The largest absolute Gasteiger partial charge is 0.325 e. The molecule has 2 N–H and O–H groups in total. The molecule has 1 saturated heterocycles. The van der Waals surface area contributed by atoms with Crippen LogP contribution < -0.4 is 5.73 Å². The van der Waals surface area contributed by atoms with Crippen molar-refractivity contribution in [2.24, 2.45) is 5.73 Å². The van der Waals surface area contributed by atoms with E-state index in [0.717, 1.165) is 38.9 Å². The summed E-state index contributed by atoms with van der Waals surface area (Å²) in [6.07, 6.45) is 5.04. The van der Waals surface area contributed by atoms with Crippen LogP contribution in [0.15, 0.2) is 43.0 Å². The van der Waals surface area contributed by atoms with E-state index in [9.17, 15) is 0 Å². The Kier molecular flexibility index (Phi) is 3.97. The average Bonchev–Trinajstić information content (AvgIpc) is 2.34. The summed E-state index contributed by atoms with van der Waals surface area (Å²) in [6.45, 7) is 7.03. The van der Waals surface area contributed by atoms with Gasteiger partial charge in [-0.3, -0.25) is 4.90 Å². The van der Waals surface area contributed by atoms with Crippen molar-refractivity contribution in [1.82, 2.24) is 4.90 Å². The molecule has 0 saturated carbocycles. The summed E-state index contributed by atoms with van der Waals surface area (Å²) in [4.78, 5) is 2.49. The fraction of sp³-hybridized carbons (Fsp3) is 0.467. The molecule has 1 fully saturated rings. The van der Waals surface area contributed by atoms with Gasteiger partial charge >= 0.3 is 0 Å². The SMILES string of the molecule is C=CCC1(N)CCN(Cc2ccccc2)CC1. The molecule has 1 aliphatic heterocycles. The van der Waals surface area contributed by atoms with Crippen molar-refractivity contribution in [3.8, 4) is 0 Å². The van der Waals surface area contributed by atoms with Gasteiger partial charge in [-0.1, -0.05) is 36.4 Å². The number of rotatable bonds is 4. The Bertz CT molecular complexity index is 350. The van der Waals surface area contributed by atoms with Crippen LogP contribution in [-0.4, -0.2) is 23.5 Å². The third-order valence-corrected chi connectivity index (χ3v) is 3.65. The van der Waals surface area contributed by atoms with Crippen LogP contribution >= 0.6 is 0 Å². The quantitative estimate of drug-likeness (QED) is 0.805. The summed E-state index contributed by atoms with van der Waals surface area (Å²) in [5.41, 5.74) is 7.71. The van der Waals surface area contributed by atoms with Gasteiger partial charge in [0.2, 0.25) is 0 Å². The highest BCUT2D eigenvalue weighted by molar-refractivity contribution is 5.14. The second-order valence-electron chi connectivity index (χ2n) is 5.12. The first-order valence-corrected chi connectivity index (χ1v) is 6.38. The van der Waals surface area contributed by atoms with Crippen molar-refractivity contribution in [2.45, 2.75) is 31.3 Å². The zero-order valence-corrected chi connectivity index (χ0v) is 10.4. The molecule has 1 heterocycles. The number of benzene rings is 1. The maximum absolute atomic E-state index is 6.33. The molecule has 2 heteroatoms. The second-order valence-corrected chi connectivity index (χ2v) is 5.12. The predicted octanol–water partition coefficient (Wildman–Crippen LogP) is 2.56. The predicted molar refractivity (Wildman–Crippen MR) is 72.7 cm³/mol. The van der Waals surface area contributed by atoms with Gasteiger partial charge in [0.15, 0.2) is 0 Å². The van der Waals surface area contributed by atoms with E-state index in [1.807, 2.05) is 6.08 Å². The van der Waals surface area contributed by atoms with Gasteiger partial charge in [0.1, 0.15) is 0 Å². The molecule has 0 amide bonds. The number of hydrogen-bond acceptors (Lipinski definition) is 2. The van der Waals surface area contributed by atoms with Crippen molar-refractivity contribution < 1.29 is 0 Å². The van der Waals surface area contributed by atoms with Gasteiger partial charge in [-0.15, -0.1) is 6.58 Å². The molecule has 92 valence electrons. The third-order valence-electron chi connectivity index (χ3n) is 3.65. The molecule has 1 aliphatic rings. The topological polar surface area (TPSA) is 29.3 Å². The van der Waals surface area contributed by atoms with Crippen molar-refractivity contribution in [2.75, 3.05) is 13.1 Å². The molecule has 0 radical (unpaired) electrons. The lowest BCUT2D eigenvalue weighted by Crippen LogP contribution is -2.49. The van der Waals surface area contributed by atoms with Gasteiger partial charge < -0.3 is 5.73 Å². The van der Waals surface area contributed by atoms with E-state index in [-0.39, 0.29) is 5.54 Å². The van der Waals surface area contributed by atoms with E-state index in [1.165, 1.54) is 5.56 Å². The summed E-state index contributed by atoms with van der Waals surface area (Å²) < 4.78 is 0. The number of nitrogens with two attached hydrogens (primary N) is 1. The Morgan fingerprint density at radius 1 is 1.24 bits per heavy atom. The standard InChI is InChI=1S/C15H22N2/c1-2-8-15(16)9-11-17(12-10-15)13-14-6-4-3-5-7-14/h2-7H,1,8-13,16H2. The molecule has 17 heavy (non-hydrogen) atoms. The van der Waals surface area contributed by atoms with Crippen LogP contribution in [0.2, 0.25) is 0 Å². The summed E-state index contributed by atoms with van der Waals surface area (Å²) >= 11 is 0. The molecule has 1 aromatic rings. The molecular weight excluding hydrogens is 208 g/mol. The lowest BCUT2D eigenvalue weighted by Gasteiger charge is -2.38. The van der Waals surface area contributed by atoms with Gasteiger partial charge in [-0.05, 0) is 24.8 Å².